The van der Waals surface area contributed by atoms with E-state index in [9.17, 15) is 4.39 Å². The predicted molar refractivity (Wildman–Crippen MR) is 95.6 cm³/mol. The van der Waals surface area contributed by atoms with E-state index in [1.807, 2.05) is 29.9 Å². The summed E-state index contributed by atoms with van der Waals surface area (Å²) in [6, 6.07) is 6.85. The third-order valence-corrected chi connectivity index (χ3v) is 3.89. The molecule has 1 heterocycles. The van der Waals surface area contributed by atoms with Crippen LogP contribution in [0.15, 0.2) is 41.7 Å². The summed E-state index contributed by atoms with van der Waals surface area (Å²) in [6.45, 7) is 6.53. The van der Waals surface area contributed by atoms with Gasteiger partial charge < -0.3 is 10.6 Å². The summed E-state index contributed by atoms with van der Waals surface area (Å²) in [6.07, 6.45) is 4.59. The molecule has 2 aromatic rings. The molecule has 0 saturated carbocycles. The first-order chi connectivity index (χ1) is 11.6. The van der Waals surface area contributed by atoms with E-state index in [0.717, 1.165) is 43.1 Å². The van der Waals surface area contributed by atoms with Crippen LogP contribution in [-0.2, 0) is 13.0 Å². The first kappa shape index (κ1) is 18.0. The zero-order valence-corrected chi connectivity index (χ0v) is 14.6. The van der Waals surface area contributed by atoms with Crippen molar-refractivity contribution < 1.29 is 4.39 Å². The lowest BCUT2D eigenvalue weighted by Crippen LogP contribution is -2.40. The van der Waals surface area contributed by atoms with Crippen molar-refractivity contribution in [3.8, 4) is 0 Å². The van der Waals surface area contributed by atoms with Gasteiger partial charge in [0, 0.05) is 39.1 Å². The number of rotatable bonds is 7. The maximum absolute atomic E-state index is 13.1. The zero-order valence-electron chi connectivity index (χ0n) is 14.6. The highest BCUT2D eigenvalue weighted by atomic mass is 19.1. The van der Waals surface area contributed by atoms with Crippen molar-refractivity contribution in [2.24, 2.45) is 10.9 Å². The topological polar surface area (TPSA) is 54.2 Å². The first-order valence-electron chi connectivity index (χ1n) is 8.25. The van der Waals surface area contributed by atoms with E-state index in [2.05, 4.69) is 27.6 Å². The summed E-state index contributed by atoms with van der Waals surface area (Å²) < 4.78 is 15.0. The van der Waals surface area contributed by atoms with Crippen LogP contribution in [0.3, 0.4) is 0 Å². The molecule has 0 aliphatic carbocycles. The van der Waals surface area contributed by atoms with Crippen LogP contribution in [0.25, 0.3) is 0 Å². The van der Waals surface area contributed by atoms with Crippen LogP contribution < -0.4 is 10.6 Å². The summed E-state index contributed by atoms with van der Waals surface area (Å²) in [7, 11) is 1.76. The fourth-order valence-corrected chi connectivity index (χ4v) is 2.54. The van der Waals surface area contributed by atoms with E-state index in [1.165, 1.54) is 6.07 Å². The number of aromatic nitrogens is 2. The minimum atomic E-state index is -0.187. The van der Waals surface area contributed by atoms with Gasteiger partial charge in [-0.05, 0) is 48.6 Å². The van der Waals surface area contributed by atoms with Gasteiger partial charge >= 0.3 is 0 Å². The SMILES string of the molecule is CN=C(NCCc1ccc(F)cc1C)NCC(C)Cn1cccn1. The van der Waals surface area contributed by atoms with Gasteiger partial charge in [0.25, 0.3) is 0 Å². The predicted octanol–water partition coefficient (Wildman–Crippen LogP) is 2.37. The molecule has 1 atom stereocenters. The molecule has 2 rings (SSSR count). The zero-order chi connectivity index (χ0) is 17.4. The number of aliphatic imine (C=N–C) groups is 1. The average Bonchev–Trinajstić information content (AvgIpc) is 3.05. The molecule has 1 unspecified atom stereocenters. The third kappa shape index (κ3) is 5.68. The second-order valence-electron chi connectivity index (χ2n) is 6.03. The molecule has 0 bridgehead atoms. The standard InChI is InChI=1S/C18H26FN5/c1-14(13-24-10-4-8-23-24)12-22-18(20-3)21-9-7-16-5-6-17(19)11-15(16)2/h4-6,8,10-11,14H,7,9,12-13H2,1-3H3,(H2,20,21,22). The van der Waals surface area contributed by atoms with Gasteiger partial charge in [-0.1, -0.05) is 13.0 Å². The molecule has 0 fully saturated rings. The van der Waals surface area contributed by atoms with Gasteiger partial charge in [-0.3, -0.25) is 9.67 Å². The maximum atomic E-state index is 13.1. The summed E-state index contributed by atoms with van der Waals surface area (Å²) in [5.41, 5.74) is 2.12. The number of benzene rings is 1. The Morgan fingerprint density at radius 2 is 2.21 bits per heavy atom. The Morgan fingerprint density at radius 1 is 1.38 bits per heavy atom. The van der Waals surface area contributed by atoms with Crippen molar-refractivity contribution in [2.75, 3.05) is 20.1 Å². The number of halogens is 1. The normalized spacial score (nSPS) is 12.9. The smallest absolute Gasteiger partial charge is 0.190 e. The number of aryl methyl sites for hydroxylation is 1. The van der Waals surface area contributed by atoms with Gasteiger partial charge in [-0.15, -0.1) is 0 Å². The van der Waals surface area contributed by atoms with Crippen molar-refractivity contribution in [1.29, 1.82) is 0 Å². The number of guanidine groups is 1. The van der Waals surface area contributed by atoms with Crippen molar-refractivity contribution >= 4 is 5.96 Å². The molecule has 2 N–H and O–H groups in total. The van der Waals surface area contributed by atoms with E-state index >= 15 is 0 Å². The monoisotopic (exact) mass is 331 g/mol. The molecule has 0 amide bonds. The summed E-state index contributed by atoms with van der Waals surface area (Å²) >= 11 is 0. The number of hydrogen-bond donors (Lipinski definition) is 2. The molecule has 1 aromatic carbocycles. The Labute approximate surface area is 143 Å². The molecule has 0 spiro atoms. The van der Waals surface area contributed by atoms with Crippen LogP contribution in [0.1, 0.15) is 18.1 Å². The van der Waals surface area contributed by atoms with Gasteiger partial charge in [-0.2, -0.15) is 5.10 Å². The summed E-state index contributed by atoms with van der Waals surface area (Å²) in [5.74, 6) is 1.03. The summed E-state index contributed by atoms with van der Waals surface area (Å²) in [5, 5.41) is 10.8. The Kier molecular flexibility index (Phi) is 6.78. The van der Waals surface area contributed by atoms with E-state index in [1.54, 1.807) is 19.3 Å². The van der Waals surface area contributed by atoms with Crippen molar-refractivity contribution in [3.63, 3.8) is 0 Å². The molecule has 1 aromatic heterocycles. The fraction of sp³-hybridized carbons (Fsp3) is 0.444. The second kappa shape index (κ2) is 9.05. The molecule has 5 nitrogen and oxygen atoms in total. The third-order valence-electron chi connectivity index (χ3n) is 3.89. The molecule has 0 aliphatic rings. The Hall–Kier alpha value is -2.37. The molecule has 130 valence electrons. The number of hydrogen-bond acceptors (Lipinski definition) is 2. The lowest BCUT2D eigenvalue weighted by atomic mass is 10.1. The average molecular weight is 331 g/mol. The maximum Gasteiger partial charge on any atom is 0.190 e. The van der Waals surface area contributed by atoms with Gasteiger partial charge in [0.05, 0.1) is 0 Å². The molecule has 6 heteroatoms. The lowest BCUT2D eigenvalue weighted by Gasteiger charge is -2.16. The van der Waals surface area contributed by atoms with Crippen LogP contribution in [-0.4, -0.2) is 35.9 Å². The van der Waals surface area contributed by atoms with Crippen LogP contribution in [0, 0.1) is 18.7 Å². The molecular weight excluding hydrogens is 305 g/mol. The highest BCUT2D eigenvalue weighted by Crippen LogP contribution is 2.10. The molecule has 24 heavy (non-hydrogen) atoms. The quantitative estimate of drug-likeness (QED) is 0.605. The van der Waals surface area contributed by atoms with Crippen LogP contribution in [0.5, 0.6) is 0 Å². The summed E-state index contributed by atoms with van der Waals surface area (Å²) in [4.78, 5) is 4.24. The van der Waals surface area contributed by atoms with Crippen LogP contribution >= 0.6 is 0 Å². The molecule has 0 radical (unpaired) electrons. The van der Waals surface area contributed by atoms with Crippen molar-refractivity contribution in [3.05, 3.63) is 53.6 Å². The molecule has 0 aliphatic heterocycles. The van der Waals surface area contributed by atoms with Gasteiger partial charge in [0.2, 0.25) is 0 Å². The van der Waals surface area contributed by atoms with E-state index in [-0.39, 0.29) is 5.82 Å². The van der Waals surface area contributed by atoms with Gasteiger partial charge in [0.15, 0.2) is 5.96 Å². The highest BCUT2D eigenvalue weighted by molar-refractivity contribution is 5.79. The minimum absolute atomic E-state index is 0.187. The Morgan fingerprint density at radius 3 is 2.88 bits per heavy atom. The first-order valence-corrected chi connectivity index (χ1v) is 8.25. The largest absolute Gasteiger partial charge is 0.356 e. The fourth-order valence-electron chi connectivity index (χ4n) is 2.54. The van der Waals surface area contributed by atoms with E-state index in [0.29, 0.717) is 5.92 Å². The van der Waals surface area contributed by atoms with Crippen LogP contribution in [0.2, 0.25) is 0 Å². The van der Waals surface area contributed by atoms with Crippen LogP contribution in [0.4, 0.5) is 4.39 Å². The van der Waals surface area contributed by atoms with E-state index < -0.39 is 0 Å². The molecule has 0 saturated heterocycles. The van der Waals surface area contributed by atoms with Gasteiger partial charge in [-0.25, -0.2) is 4.39 Å². The van der Waals surface area contributed by atoms with Crippen molar-refractivity contribution in [2.45, 2.75) is 26.8 Å². The van der Waals surface area contributed by atoms with E-state index in [4.69, 9.17) is 0 Å². The van der Waals surface area contributed by atoms with Crippen molar-refractivity contribution in [1.82, 2.24) is 20.4 Å². The number of nitrogens with one attached hydrogen (secondary N) is 2. The molecular formula is C18H26FN5. The Balaban J connectivity index is 1.72. The lowest BCUT2D eigenvalue weighted by molar-refractivity contribution is 0.443. The second-order valence-corrected chi connectivity index (χ2v) is 6.03. The number of nitrogens with zero attached hydrogens (tertiary/aromatic N) is 3. The Bertz CT molecular complexity index is 651. The highest BCUT2D eigenvalue weighted by Gasteiger charge is 2.06. The van der Waals surface area contributed by atoms with Gasteiger partial charge in [0.1, 0.15) is 5.82 Å². The minimum Gasteiger partial charge on any atom is -0.356 e.